The Morgan fingerprint density at radius 1 is 1.27 bits per heavy atom. The number of rotatable bonds is 5. The fourth-order valence-electron chi connectivity index (χ4n) is 0.774. The topological polar surface area (TPSA) is 40.1 Å². The Bertz CT molecular complexity index is 218. The molecule has 0 aromatic heterocycles. The van der Waals surface area contributed by atoms with Crippen LogP contribution in [0.4, 0.5) is 0 Å². The van der Waals surface area contributed by atoms with E-state index in [1.165, 1.54) is 6.92 Å². The van der Waals surface area contributed by atoms with Crippen molar-refractivity contribution in [2.75, 3.05) is 27.2 Å². The van der Waals surface area contributed by atoms with Gasteiger partial charge in [-0.25, -0.2) is 0 Å². The summed E-state index contributed by atoms with van der Waals surface area (Å²) in [6.45, 7) is 13.8. The molecule has 0 rings (SSSR count). The summed E-state index contributed by atoms with van der Waals surface area (Å²) in [6, 6.07) is 0. The minimum Gasteiger partial charge on any atom is -0.545 e. The van der Waals surface area contributed by atoms with Gasteiger partial charge in [-0.15, -0.1) is 0 Å². The van der Waals surface area contributed by atoms with Gasteiger partial charge in [0.05, 0.1) is 33.2 Å². The van der Waals surface area contributed by atoms with E-state index in [0.717, 1.165) is 17.6 Å². The molecule has 0 aromatic carbocycles. The molecule has 0 aliphatic heterocycles. The van der Waals surface area contributed by atoms with Crippen LogP contribution in [0.1, 0.15) is 6.92 Å². The lowest BCUT2D eigenvalue weighted by Gasteiger charge is -2.26. The first-order valence-electron chi connectivity index (χ1n) is 4.67. The van der Waals surface area contributed by atoms with E-state index in [2.05, 4.69) is 33.8 Å². The molecule has 0 saturated carbocycles. The van der Waals surface area contributed by atoms with E-state index in [-0.39, 0.29) is 5.57 Å². The Labute approximate surface area is 92.6 Å². The molecular weight excluding hydrogens is 190 g/mol. The van der Waals surface area contributed by atoms with Gasteiger partial charge in [-0.2, -0.15) is 0 Å². The van der Waals surface area contributed by atoms with Gasteiger partial charge in [0.25, 0.3) is 0 Å². The second-order valence-electron chi connectivity index (χ2n) is 3.95. The van der Waals surface area contributed by atoms with E-state index in [9.17, 15) is 9.90 Å². The van der Waals surface area contributed by atoms with Gasteiger partial charge in [0.2, 0.25) is 0 Å². The molecule has 86 valence electrons. The first-order valence-corrected chi connectivity index (χ1v) is 4.67. The summed E-state index contributed by atoms with van der Waals surface area (Å²) in [6.07, 6.45) is 3.87. The maximum atomic E-state index is 9.49. The molecule has 0 spiro atoms. The Kier molecular flexibility index (Phi) is 8.58. The number of carbonyl (C=O) groups excluding carboxylic acids is 1. The number of nitrogens with zero attached hydrogens (tertiary/aromatic N) is 1. The third-order valence-corrected chi connectivity index (χ3v) is 1.60. The lowest BCUT2D eigenvalue weighted by molar-refractivity contribution is -0.878. The van der Waals surface area contributed by atoms with Crippen LogP contribution in [0.5, 0.6) is 0 Å². The Balaban J connectivity index is 0. The van der Waals surface area contributed by atoms with Crippen LogP contribution in [0.15, 0.2) is 37.5 Å². The second-order valence-corrected chi connectivity index (χ2v) is 3.95. The zero-order valence-corrected chi connectivity index (χ0v) is 9.95. The molecule has 15 heavy (non-hydrogen) atoms. The molecule has 0 heterocycles. The molecule has 0 bridgehead atoms. The predicted molar refractivity (Wildman–Crippen MR) is 62.1 cm³/mol. The lowest BCUT2D eigenvalue weighted by Crippen LogP contribution is -2.39. The molecule has 0 amide bonds. The van der Waals surface area contributed by atoms with Gasteiger partial charge >= 0.3 is 0 Å². The van der Waals surface area contributed by atoms with Crippen molar-refractivity contribution in [1.29, 1.82) is 0 Å². The van der Waals surface area contributed by atoms with E-state index in [1.807, 2.05) is 12.2 Å². The summed E-state index contributed by atoms with van der Waals surface area (Å²) in [7, 11) is 4.31. The van der Waals surface area contributed by atoms with Crippen molar-refractivity contribution < 1.29 is 14.4 Å². The number of carbonyl (C=O) groups is 1. The zero-order chi connectivity index (χ0) is 12.5. The first-order chi connectivity index (χ1) is 6.76. The van der Waals surface area contributed by atoms with Crippen LogP contribution in [0.2, 0.25) is 0 Å². The van der Waals surface area contributed by atoms with Crippen molar-refractivity contribution in [2.24, 2.45) is 0 Å². The van der Waals surface area contributed by atoms with Crippen LogP contribution < -0.4 is 5.11 Å². The molecule has 0 aromatic rings. The van der Waals surface area contributed by atoms with Crippen molar-refractivity contribution in [3.8, 4) is 0 Å². The molecule has 0 aliphatic carbocycles. The van der Waals surface area contributed by atoms with Crippen molar-refractivity contribution in [2.45, 2.75) is 6.92 Å². The third kappa shape index (κ3) is 12.6. The van der Waals surface area contributed by atoms with Gasteiger partial charge in [-0.1, -0.05) is 19.7 Å². The van der Waals surface area contributed by atoms with Gasteiger partial charge in [0.1, 0.15) is 0 Å². The molecule has 0 aliphatic rings. The van der Waals surface area contributed by atoms with Gasteiger partial charge in [0, 0.05) is 0 Å². The number of aliphatic carboxylic acids is 1. The highest BCUT2D eigenvalue weighted by Gasteiger charge is 2.07. The van der Waals surface area contributed by atoms with Crippen LogP contribution in [0, 0.1) is 0 Å². The van der Waals surface area contributed by atoms with Crippen LogP contribution in [-0.4, -0.2) is 37.6 Å². The van der Waals surface area contributed by atoms with Crippen molar-refractivity contribution >= 4 is 5.97 Å². The number of carboxylic acid groups (broad SMARTS) is 1. The molecule has 0 unspecified atom stereocenters. The van der Waals surface area contributed by atoms with Crippen LogP contribution in [-0.2, 0) is 4.79 Å². The Morgan fingerprint density at radius 2 is 1.53 bits per heavy atom. The summed E-state index contributed by atoms with van der Waals surface area (Å²) >= 11 is 0. The van der Waals surface area contributed by atoms with Crippen molar-refractivity contribution in [1.82, 2.24) is 0 Å². The van der Waals surface area contributed by atoms with Gasteiger partial charge in [-0.3, -0.25) is 0 Å². The smallest absolute Gasteiger partial charge is 0.0969 e. The largest absolute Gasteiger partial charge is 0.545 e. The summed E-state index contributed by atoms with van der Waals surface area (Å²) in [5, 5.41) is 9.49. The first kappa shape index (κ1) is 16.1. The quantitative estimate of drug-likeness (QED) is 0.382. The highest BCUT2D eigenvalue weighted by Crippen LogP contribution is 1.95. The number of quaternary nitrogens is 1. The highest BCUT2D eigenvalue weighted by molar-refractivity contribution is 5.82. The predicted octanol–water partition coefficient (Wildman–Crippen LogP) is 0.747. The van der Waals surface area contributed by atoms with Crippen LogP contribution in [0.3, 0.4) is 0 Å². The molecule has 0 N–H and O–H groups in total. The summed E-state index contributed by atoms with van der Waals surface area (Å²) in [5.41, 5.74) is 0.0648. The van der Waals surface area contributed by atoms with E-state index in [1.54, 1.807) is 0 Å². The van der Waals surface area contributed by atoms with Crippen LogP contribution >= 0.6 is 0 Å². The standard InChI is InChI=1S/C8H16N.C4H6O2/c1-5-7-9(3,4)8-6-2;1-3(2)4(5)6/h5-6H,1-2,7-8H2,3-4H3;1H2,2H3,(H,5,6)/q+1;/p-1. The highest BCUT2D eigenvalue weighted by atomic mass is 16.4. The van der Waals surface area contributed by atoms with Crippen LogP contribution in [0.25, 0.3) is 0 Å². The van der Waals surface area contributed by atoms with E-state index in [0.29, 0.717) is 0 Å². The number of carboxylic acids is 1. The fourth-order valence-corrected chi connectivity index (χ4v) is 0.774. The van der Waals surface area contributed by atoms with Crippen molar-refractivity contribution in [3.63, 3.8) is 0 Å². The summed E-state index contributed by atoms with van der Waals surface area (Å²) in [5.74, 6) is -1.19. The number of likely N-dealkylation sites (N-methyl/N-ethyl adjacent to an activating group) is 1. The van der Waals surface area contributed by atoms with Gasteiger partial charge in [-0.05, 0) is 24.6 Å². The number of hydrogen-bond donors (Lipinski definition) is 0. The molecule has 0 radical (unpaired) electrons. The molecular formula is C12H21NO2. The zero-order valence-electron chi connectivity index (χ0n) is 9.95. The van der Waals surface area contributed by atoms with Crippen molar-refractivity contribution in [3.05, 3.63) is 37.5 Å². The molecule has 0 fully saturated rings. The normalized spacial score (nSPS) is 9.53. The molecule has 0 saturated heterocycles. The van der Waals surface area contributed by atoms with E-state index < -0.39 is 5.97 Å². The minimum absolute atomic E-state index is 0.0648. The summed E-state index contributed by atoms with van der Waals surface area (Å²) in [4.78, 5) is 9.49. The Morgan fingerprint density at radius 3 is 1.67 bits per heavy atom. The van der Waals surface area contributed by atoms with Gasteiger partial charge in [0.15, 0.2) is 0 Å². The fraction of sp³-hybridized carbons (Fsp3) is 0.417. The maximum absolute atomic E-state index is 9.49. The van der Waals surface area contributed by atoms with E-state index in [4.69, 9.17) is 0 Å². The second kappa shape index (κ2) is 8.00. The summed E-state index contributed by atoms with van der Waals surface area (Å²) < 4.78 is 0.951. The molecule has 3 nitrogen and oxygen atoms in total. The molecule has 3 heteroatoms. The Hall–Kier alpha value is -1.35. The molecule has 0 atom stereocenters. The average Bonchev–Trinajstić information content (AvgIpc) is 2.04. The van der Waals surface area contributed by atoms with E-state index >= 15 is 0 Å². The number of hydrogen-bond acceptors (Lipinski definition) is 2. The monoisotopic (exact) mass is 211 g/mol. The minimum atomic E-state index is -1.19. The maximum Gasteiger partial charge on any atom is 0.0969 e. The lowest BCUT2D eigenvalue weighted by atomic mass is 10.4. The third-order valence-electron chi connectivity index (χ3n) is 1.60. The van der Waals surface area contributed by atoms with Gasteiger partial charge < -0.3 is 14.4 Å². The average molecular weight is 211 g/mol. The SMILES string of the molecule is C=C(C)C(=O)[O-].C=CC[N+](C)(C)CC=C.